The van der Waals surface area contributed by atoms with Crippen molar-refractivity contribution in [3.63, 3.8) is 0 Å². The highest BCUT2D eigenvalue weighted by Gasteiger charge is 2.14. The van der Waals surface area contributed by atoms with Crippen molar-refractivity contribution < 1.29 is 4.79 Å². The number of hydrogen-bond donors (Lipinski definition) is 2. The van der Waals surface area contributed by atoms with Crippen LogP contribution in [-0.4, -0.2) is 39.9 Å². The predicted molar refractivity (Wildman–Crippen MR) is 103 cm³/mol. The molecule has 1 amide bonds. The summed E-state index contributed by atoms with van der Waals surface area (Å²) in [7, 11) is 3.87. The molecule has 1 aromatic carbocycles. The van der Waals surface area contributed by atoms with Crippen molar-refractivity contribution in [1.29, 1.82) is 0 Å². The molecule has 2 heterocycles. The van der Waals surface area contributed by atoms with Crippen LogP contribution in [0.15, 0.2) is 40.6 Å². The van der Waals surface area contributed by atoms with Gasteiger partial charge in [0.15, 0.2) is 5.13 Å². The number of halogens is 1. The molecule has 0 unspecified atom stereocenters. The molecule has 0 atom stereocenters. The molecule has 134 valence electrons. The second-order valence-corrected chi connectivity index (χ2v) is 7.11. The van der Waals surface area contributed by atoms with Gasteiger partial charge in [0.2, 0.25) is 0 Å². The lowest BCUT2D eigenvalue weighted by Crippen LogP contribution is -2.24. The Morgan fingerprint density at radius 2 is 2.04 bits per heavy atom. The van der Waals surface area contributed by atoms with E-state index in [9.17, 15) is 9.59 Å². The zero-order chi connectivity index (χ0) is 18.7. The Morgan fingerprint density at radius 1 is 1.31 bits per heavy atom. The Balaban J connectivity index is 1.76. The lowest BCUT2D eigenvalue weighted by molar-refractivity contribution is 0.102. The molecule has 9 heteroatoms. The van der Waals surface area contributed by atoms with Crippen molar-refractivity contribution in [2.45, 2.75) is 6.54 Å². The highest BCUT2D eigenvalue weighted by atomic mass is 35.5. The molecule has 0 saturated heterocycles. The summed E-state index contributed by atoms with van der Waals surface area (Å²) in [4.78, 5) is 37.7. The van der Waals surface area contributed by atoms with Crippen LogP contribution in [0.4, 0.5) is 5.13 Å². The van der Waals surface area contributed by atoms with Crippen molar-refractivity contribution in [2.24, 2.45) is 0 Å². The molecule has 0 radical (unpaired) electrons. The molecular formula is C17H16ClN5O2S. The predicted octanol–water partition coefficient (Wildman–Crippen LogP) is 2.86. The van der Waals surface area contributed by atoms with E-state index in [0.717, 1.165) is 5.69 Å². The minimum atomic E-state index is -0.549. The first-order valence-corrected chi connectivity index (χ1v) is 8.94. The summed E-state index contributed by atoms with van der Waals surface area (Å²) in [5.74, 6) is -0.183. The third kappa shape index (κ3) is 4.34. The number of benzene rings is 1. The number of hydrogen-bond acceptors (Lipinski definition) is 6. The fraction of sp³-hybridized carbons (Fsp3) is 0.176. The third-order valence-electron chi connectivity index (χ3n) is 3.41. The first-order valence-electron chi connectivity index (χ1n) is 7.68. The Bertz CT molecular complexity index is 981. The average Bonchev–Trinajstić information content (AvgIpc) is 3.01. The van der Waals surface area contributed by atoms with E-state index in [2.05, 4.69) is 20.3 Å². The van der Waals surface area contributed by atoms with E-state index in [1.807, 2.05) is 24.4 Å². The molecule has 3 aromatic rings. The summed E-state index contributed by atoms with van der Waals surface area (Å²) in [6.07, 6.45) is 1.26. The van der Waals surface area contributed by atoms with Crippen molar-refractivity contribution >= 4 is 34.0 Å². The lowest BCUT2D eigenvalue weighted by Gasteiger charge is -2.05. The van der Waals surface area contributed by atoms with Crippen LogP contribution in [0.5, 0.6) is 0 Å². The van der Waals surface area contributed by atoms with E-state index < -0.39 is 11.5 Å². The number of nitrogens with one attached hydrogen (secondary N) is 2. The second-order valence-electron chi connectivity index (χ2n) is 5.82. The van der Waals surface area contributed by atoms with Gasteiger partial charge >= 0.3 is 0 Å². The van der Waals surface area contributed by atoms with E-state index in [1.165, 1.54) is 17.5 Å². The van der Waals surface area contributed by atoms with Crippen LogP contribution in [0.25, 0.3) is 11.4 Å². The third-order valence-corrected chi connectivity index (χ3v) is 4.47. The van der Waals surface area contributed by atoms with Gasteiger partial charge in [0.25, 0.3) is 11.5 Å². The topological polar surface area (TPSA) is 91.0 Å². The van der Waals surface area contributed by atoms with Crippen LogP contribution in [0.2, 0.25) is 5.02 Å². The zero-order valence-electron chi connectivity index (χ0n) is 14.1. The Hall–Kier alpha value is -2.55. The summed E-state index contributed by atoms with van der Waals surface area (Å²) in [5.41, 5.74) is 0.951. The number of aromatic nitrogens is 3. The van der Waals surface area contributed by atoms with E-state index in [4.69, 9.17) is 11.6 Å². The number of carbonyl (C=O) groups is 1. The molecule has 0 spiro atoms. The molecule has 0 saturated carbocycles. The van der Waals surface area contributed by atoms with Gasteiger partial charge in [0, 0.05) is 28.7 Å². The number of anilines is 1. The molecule has 3 rings (SSSR count). The van der Waals surface area contributed by atoms with Gasteiger partial charge in [-0.2, -0.15) is 0 Å². The molecule has 2 N–H and O–H groups in total. The van der Waals surface area contributed by atoms with Crippen LogP contribution in [0.1, 0.15) is 16.1 Å². The Labute approximate surface area is 158 Å². The average molecular weight is 390 g/mol. The molecule has 0 aliphatic carbocycles. The molecule has 0 fully saturated rings. The summed E-state index contributed by atoms with van der Waals surface area (Å²) in [6, 6.07) is 6.88. The maximum absolute atomic E-state index is 12.3. The standard InChI is InChI=1S/C17H16ClN5O2S/c1-23(2)8-12-9-26-17(20-12)22-16(25)13-7-19-14(21-15(13)24)10-3-5-11(18)6-4-10/h3-7,9H,8H2,1-2H3,(H,19,21,24)(H,20,22,25). The normalized spacial score (nSPS) is 10.9. The number of carbonyl (C=O) groups excluding carboxylic acids is 1. The van der Waals surface area contributed by atoms with Crippen molar-refractivity contribution in [3.05, 3.63) is 62.5 Å². The van der Waals surface area contributed by atoms with Crippen LogP contribution in [0, 0.1) is 0 Å². The molecule has 26 heavy (non-hydrogen) atoms. The van der Waals surface area contributed by atoms with E-state index >= 15 is 0 Å². The number of aromatic amines is 1. The van der Waals surface area contributed by atoms with Gasteiger partial charge < -0.3 is 9.88 Å². The first kappa shape index (κ1) is 18.2. The van der Waals surface area contributed by atoms with Crippen LogP contribution in [-0.2, 0) is 6.54 Å². The summed E-state index contributed by atoms with van der Waals surface area (Å²) < 4.78 is 0. The van der Waals surface area contributed by atoms with Crippen LogP contribution >= 0.6 is 22.9 Å². The second kappa shape index (κ2) is 7.77. The largest absolute Gasteiger partial charge is 0.306 e. The number of nitrogens with zero attached hydrogens (tertiary/aromatic N) is 3. The highest BCUT2D eigenvalue weighted by Crippen LogP contribution is 2.18. The lowest BCUT2D eigenvalue weighted by atomic mass is 10.2. The maximum Gasteiger partial charge on any atom is 0.264 e. The zero-order valence-corrected chi connectivity index (χ0v) is 15.7. The maximum atomic E-state index is 12.3. The van der Waals surface area contributed by atoms with Crippen LogP contribution < -0.4 is 10.9 Å². The van der Waals surface area contributed by atoms with Gasteiger partial charge in [-0.3, -0.25) is 14.9 Å². The fourth-order valence-electron chi connectivity index (χ4n) is 2.24. The minimum Gasteiger partial charge on any atom is -0.306 e. The van der Waals surface area contributed by atoms with Crippen molar-refractivity contribution in [3.8, 4) is 11.4 Å². The molecule has 0 aliphatic rings. The minimum absolute atomic E-state index is 0.0768. The van der Waals surface area contributed by atoms with Gasteiger partial charge in [-0.25, -0.2) is 9.97 Å². The Kier molecular flexibility index (Phi) is 5.46. The summed E-state index contributed by atoms with van der Waals surface area (Å²) in [5, 5.41) is 5.52. The summed E-state index contributed by atoms with van der Waals surface area (Å²) in [6.45, 7) is 0.671. The number of rotatable bonds is 5. The molecule has 7 nitrogen and oxygen atoms in total. The fourth-order valence-corrected chi connectivity index (χ4v) is 3.06. The number of thiazole rings is 1. The van der Waals surface area contributed by atoms with Crippen molar-refractivity contribution in [2.75, 3.05) is 19.4 Å². The molecule has 0 bridgehead atoms. The SMILES string of the molecule is CN(C)Cc1csc(NC(=O)c2cnc(-c3ccc(Cl)cc3)[nH]c2=O)n1. The number of H-pyrrole nitrogens is 1. The smallest absolute Gasteiger partial charge is 0.264 e. The van der Waals surface area contributed by atoms with E-state index in [1.54, 1.807) is 24.3 Å². The number of amides is 1. The van der Waals surface area contributed by atoms with Gasteiger partial charge in [0.1, 0.15) is 11.4 Å². The summed E-state index contributed by atoms with van der Waals surface area (Å²) >= 11 is 7.16. The van der Waals surface area contributed by atoms with E-state index in [0.29, 0.717) is 28.1 Å². The van der Waals surface area contributed by atoms with E-state index in [-0.39, 0.29) is 5.56 Å². The Morgan fingerprint density at radius 3 is 2.69 bits per heavy atom. The quantitative estimate of drug-likeness (QED) is 0.700. The van der Waals surface area contributed by atoms with Crippen LogP contribution in [0.3, 0.4) is 0 Å². The van der Waals surface area contributed by atoms with Gasteiger partial charge in [-0.1, -0.05) is 11.6 Å². The monoisotopic (exact) mass is 389 g/mol. The molecule has 2 aromatic heterocycles. The highest BCUT2D eigenvalue weighted by molar-refractivity contribution is 7.13. The van der Waals surface area contributed by atoms with Gasteiger partial charge in [-0.05, 0) is 38.4 Å². The van der Waals surface area contributed by atoms with Gasteiger partial charge in [0.05, 0.1) is 5.69 Å². The molecular weight excluding hydrogens is 374 g/mol. The van der Waals surface area contributed by atoms with Crippen molar-refractivity contribution in [1.82, 2.24) is 19.9 Å². The first-order chi connectivity index (χ1) is 12.4. The van der Waals surface area contributed by atoms with Gasteiger partial charge in [-0.15, -0.1) is 11.3 Å². The molecule has 0 aliphatic heterocycles.